The van der Waals surface area contributed by atoms with Crippen LogP contribution in [-0.4, -0.2) is 30.3 Å². The number of hydrogen-bond donors (Lipinski definition) is 3. The summed E-state index contributed by atoms with van der Waals surface area (Å²) in [5.74, 6) is -0.213. The van der Waals surface area contributed by atoms with Crippen molar-refractivity contribution < 1.29 is 19.4 Å². The van der Waals surface area contributed by atoms with E-state index in [9.17, 15) is 9.59 Å². The standard InChI is InChI=1S/C15H22N2O4/c1-4-9-21-12-7-5-11(6-8-12)17-14(20)16-10-15(2,3)13(18)19/h5-8H,4,9-10H2,1-3H3,(H,18,19)(H2,16,17,20). The molecule has 0 unspecified atom stereocenters. The van der Waals surface area contributed by atoms with Gasteiger partial charge in [-0.25, -0.2) is 4.79 Å². The summed E-state index contributed by atoms with van der Waals surface area (Å²) in [6.07, 6.45) is 0.932. The van der Waals surface area contributed by atoms with E-state index in [4.69, 9.17) is 9.84 Å². The highest BCUT2D eigenvalue weighted by Crippen LogP contribution is 2.16. The largest absolute Gasteiger partial charge is 0.494 e. The molecular formula is C15H22N2O4. The molecule has 0 saturated heterocycles. The minimum Gasteiger partial charge on any atom is -0.494 e. The van der Waals surface area contributed by atoms with Crippen LogP contribution >= 0.6 is 0 Å². The first kappa shape index (κ1) is 16.8. The van der Waals surface area contributed by atoms with Gasteiger partial charge < -0.3 is 20.5 Å². The Hall–Kier alpha value is -2.24. The van der Waals surface area contributed by atoms with Crippen LogP contribution in [-0.2, 0) is 4.79 Å². The third kappa shape index (κ3) is 5.72. The Balaban J connectivity index is 2.46. The smallest absolute Gasteiger partial charge is 0.319 e. The highest BCUT2D eigenvalue weighted by atomic mass is 16.5. The van der Waals surface area contributed by atoms with Crippen LogP contribution in [0.15, 0.2) is 24.3 Å². The monoisotopic (exact) mass is 294 g/mol. The molecule has 0 heterocycles. The normalized spacial score (nSPS) is 10.8. The second kappa shape index (κ2) is 7.52. The first-order chi connectivity index (χ1) is 9.85. The zero-order valence-corrected chi connectivity index (χ0v) is 12.6. The number of rotatable bonds is 7. The molecule has 116 valence electrons. The maximum absolute atomic E-state index is 11.7. The number of aliphatic carboxylic acids is 1. The second-order valence-electron chi connectivity index (χ2n) is 5.37. The summed E-state index contributed by atoms with van der Waals surface area (Å²) in [6.45, 7) is 5.83. The number of nitrogens with one attached hydrogen (secondary N) is 2. The third-order valence-electron chi connectivity index (χ3n) is 2.85. The molecule has 1 aromatic rings. The summed E-state index contributed by atoms with van der Waals surface area (Å²) in [5.41, 5.74) is -0.390. The Bertz CT molecular complexity index is 483. The van der Waals surface area contributed by atoms with Crippen molar-refractivity contribution >= 4 is 17.7 Å². The fourth-order valence-corrected chi connectivity index (χ4v) is 1.41. The van der Waals surface area contributed by atoms with Gasteiger partial charge in [0.1, 0.15) is 5.75 Å². The second-order valence-corrected chi connectivity index (χ2v) is 5.37. The van der Waals surface area contributed by atoms with Crippen molar-refractivity contribution in [3.63, 3.8) is 0 Å². The fourth-order valence-electron chi connectivity index (χ4n) is 1.41. The summed E-state index contributed by atoms with van der Waals surface area (Å²) in [7, 11) is 0. The van der Waals surface area contributed by atoms with E-state index in [0.717, 1.165) is 12.2 Å². The van der Waals surface area contributed by atoms with Crippen molar-refractivity contribution in [1.29, 1.82) is 0 Å². The van der Waals surface area contributed by atoms with Crippen LogP contribution in [0.5, 0.6) is 5.75 Å². The van der Waals surface area contributed by atoms with E-state index >= 15 is 0 Å². The quantitative estimate of drug-likeness (QED) is 0.721. The maximum atomic E-state index is 11.7. The van der Waals surface area contributed by atoms with E-state index in [2.05, 4.69) is 10.6 Å². The SMILES string of the molecule is CCCOc1ccc(NC(=O)NCC(C)(C)C(=O)O)cc1. The van der Waals surface area contributed by atoms with Crippen molar-refractivity contribution in [3.05, 3.63) is 24.3 Å². The molecule has 21 heavy (non-hydrogen) atoms. The number of carbonyl (C=O) groups excluding carboxylic acids is 1. The Morgan fingerprint density at radius 1 is 1.24 bits per heavy atom. The minimum absolute atomic E-state index is 0.0475. The van der Waals surface area contributed by atoms with Gasteiger partial charge >= 0.3 is 12.0 Å². The predicted octanol–water partition coefficient (Wildman–Crippen LogP) is 2.71. The first-order valence-electron chi connectivity index (χ1n) is 6.86. The van der Waals surface area contributed by atoms with Crippen LogP contribution in [0.2, 0.25) is 0 Å². The van der Waals surface area contributed by atoms with Gasteiger partial charge in [-0.3, -0.25) is 4.79 Å². The van der Waals surface area contributed by atoms with Crippen molar-refractivity contribution in [2.45, 2.75) is 27.2 Å². The predicted molar refractivity (Wildman–Crippen MR) is 80.7 cm³/mol. The Morgan fingerprint density at radius 2 is 1.86 bits per heavy atom. The number of anilines is 1. The molecule has 0 atom stereocenters. The van der Waals surface area contributed by atoms with E-state index in [1.165, 1.54) is 0 Å². The van der Waals surface area contributed by atoms with Crippen molar-refractivity contribution in [1.82, 2.24) is 5.32 Å². The molecular weight excluding hydrogens is 272 g/mol. The molecule has 0 aliphatic rings. The van der Waals surface area contributed by atoms with Crippen molar-refractivity contribution in [2.24, 2.45) is 5.41 Å². The average molecular weight is 294 g/mol. The summed E-state index contributed by atoms with van der Waals surface area (Å²) in [4.78, 5) is 22.6. The van der Waals surface area contributed by atoms with Gasteiger partial charge in [0.2, 0.25) is 0 Å². The van der Waals surface area contributed by atoms with Crippen molar-refractivity contribution in [2.75, 3.05) is 18.5 Å². The van der Waals surface area contributed by atoms with E-state index < -0.39 is 17.4 Å². The summed E-state index contributed by atoms with van der Waals surface area (Å²) in [6, 6.07) is 6.56. The van der Waals surface area contributed by atoms with E-state index in [-0.39, 0.29) is 6.54 Å². The number of amides is 2. The third-order valence-corrected chi connectivity index (χ3v) is 2.85. The molecule has 3 N–H and O–H groups in total. The van der Waals surface area contributed by atoms with Crippen LogP contribution in [0.1, 0.15) is 27.2 Å². The van der Waals surface area contributed by atoms with Gasteiger partial charge in [-0.15, -0.1) is 0 Å². The molecule has 2 amide bonds. The number of urea groups is 1. The van der Waals surface area contributed by atoms with E-state index in [1.54, 1.807) is 38.1 Å². The highest BCUT2D eigenvalue weighted by molar-refractivity contribution is 5.89. The Kier molecular flexibility index (Phi) is 6.02. The molecule has 0 fully saturated rings. The number of hydrogen-bond acceptors (Lipinski definition) is 3. The number of ether oxygens (including phenoxy) is 1. The van der Waals surface area contributed by atoms with Crippen LogP contribution in [0.25, 0.3) is 0 Å². The maximum Gasteiger partial charge on any atom is 0.319 e. The molecule has 0 aliphatic heterocycles. The zero-order chi connectivity index (χ0) is 15.9. The molecule has 0 aliphatic carbocycles. The highest BCUT2D eigenvalue weighted by Gasteiger charge is 2.27. The number of benzene rings is 1. The molecule has 6 heteroatoms. The molecule has 0 spiro atoms. The summed E-state index contributed by atoms with van der Waals surface area (Å²) in [5, 5.41) is 14.1. The van der Waals surface area contributed by atoms with Crippen LogP contribution in [0.4, 0.5) is 10.5 Å². The molecule has 0 saturated carbocycles. The summed E-state index contributed by atoms with van der Waals surface area (Å²) >= 11 is 0. The Labute approximate surface area is 124 Å². The van der Waals surface area contributed by atoms with E-state index in [0.29, 0.717) is 12.3 Å². The fraction of sp³-hybridized carbons (Fsp3) is 0.467. The lowest BCUT2D eigenvalue weighted by Crippen LogP contribution is -2.40. The molecule has 1 rings (SSSR count). The first-order valence-corrected chi connectivity index (χ1v) is 6.86. The van der Waals surface area contributed by atoms with Crippen LogP contribution in [0.3, 0.4) is 0 Å². The van der Waals surface area contributed by atoms with E-state index in [1.807, 2.05) is 6.92 Å². The van der Waals surface area contributed by atoms with Gasteiger partial charge in [-0.05, 0) is 44.5 Å². The van der Waals surface area contributed by atoms with Crippen LogP contribution < -0.4 is 15.4 Å². The van der Waals surface area contributed by atoms with Gasteiger partial charge in [-0.1, -0.05) is 6.92 Å². The Morgan fingerprint density at radius 3 is 2.38 bits per heavy atom. The summed E-state index contributed by atoms with van der Waals surface area (Å²) < 4.78 is 5.44. The molecule has 0 aromatic heterocycles. The number of carboxylic acid groups (broad SMARTS) is 1. The molecule has 0 radical (unpaired) electrons. The lowest BCUT2D eigenvalue weighted by atomic mass is 9.94. The molecule has 6 nitrogen and oxygen atoms in total. The average Bonchev–Trinajstić information content (AvgIpc) is 2.44. The lowest BCUT2D eigenvalue weighted by molar-refractivity contribution is -0.146. The molecule has 1 aromatic carbocycles. The zero-order valence-electron chi connectivity index (χ0n) is 12.6. The van der Waals surface area contributed by atoms with Gasteiger partial charge in [0, 0.05) is 12.2 Å². The topological polar surface area (TPSA) is 87.7 Å². The lowest BCUT2D eigenvalue weighted by Gasteiger charge is -2.19. The number of carboxylic acids is 1. The number of carbonyl (C=O) groups is 2. The van der Waals surface area contributed by atoms with Gasteiger partial charge in [0.25, 0.3) is 0 Å². The minimum atomic E-state index is -1.00. The van der Waals surface area contributed by atoms with Gasteiger partial charge in [-0.2, -0.15) is 0 Å². The molecule has 0 bridgehead atoms. The van der Waals surface area contributed by atoms with Gasteiger partial charge in [0.15, 0.2) is 0 Å². The van der Waals surface area contributed by atoms with Gasteiger partial charge in [0.05, 0.1) is 12.0 Å². The van der Waals surface area contributed by atoms with Crippen molar-refractivity contribution in [3.8, 4) is 5.75 Å². The van der Waals surface area contributed by atoms with Crippen LogP contribution in [0, 0.1) is 5.41 Å².